The van der Waals surface area contributed by atoms with Gasteiger partial charge in [0, 0.05) is 49.3 Å². The quantitative estimate of drug-likeness (QED) is 0.908. The van der Waals surface area contributed by atoms with E-state index >= 15 is 0 Å². The maximum absolute atomic E-state index is 12.4. The van der Waals surface area contributed by atoms with Gasteiger partial charge < -0.3 is 10.0 Å². The summed E-state index contributed by atoms with van der Waals surface area (Å²) in [5, 5.41) is 9.30. The molecular weight excluding hydrogens is 284 g/mol. The fourth-order valence-corrected chi connectivity index (χ4v) is 4.09. The first-order chi connectivity index (χ1) is 10.2. The second-order valence-electron chi connectivity index (χ2n) is 5.72. The first-order valence-electron chi connectivity index (χ1n) is 7.64. The molecule has 2 aliphatic rings. The second kappa shape index (κ2) is 6.71. The van der Waals surface area contributed by atoms with Gasteiger partial charge in [0.1, 0.15) is 5.75 Å². The van der Waals surface area contributed by atoms with Crippen LogP contribution in [0, 0.1) is 0 Å². The molecule has 1 amide bonds. The largest absolute Gasteiger partial charge is 0.508 e. The summed E-state index contributed by atoms with van der Waals surface area (Å²) in [5.74, 6) is 2.77. The maximum atomic E-state index is 12.4. The van der Waals surface area contributed by atoms with Crippen molar-refractivity contribution in [2.45, 2.75) is 18.9 Å². The standard InChI is InChI=1S/C16H22N2O2S/c19-15-3-1-13(2-4-15)16(20)18-7-5-14(6-8-18)17-9-11-21-12-10-17/h1-4,14,19H,5-12H2. The topological polar surface area (TPSA) is 43.8 Å². The molecule has 5 heteroatoms. The van der Waals surface area contributed by atoms with E-state index in [1.54, 1.807) is 24.3 Å². The highest BCUT2D eigenvalue weighted by molar-refractivity contribution is 7.99. The molecule has 1 aromatic carbocycles. The van der Waals surface area contributed by atoms with Gasteiger partial charge in [0.15, 0.2) is 0 Å². The zero-order valence-electron chi connectivity index (χ0n) is 12.2. The first-order valence-corrected chi connectivity index (χ1v) is 8.79. The van der Waals surface area contributed by atoms with Crippen LogP contribution in [0.4, 0.5) is 0 Å². The van der Waals surface area contributed by atoms with Crippen molar-refractivity contribution < 1.29 is 9.90 Å². The molecule has 0 radical (unpaired) electrons. The Hall–Kier alpha value is -1.20. The zero-order valence-corrected chi connectivity index (χ0v) is 13.0. The molecule has 0 atom stereocenters. The summed E-state index contributed by atoms with van der Waals surface area (Å²) in [4.78, 5) is 17.0. The Labute approximate surface area is 130 Å². The van der Waals surface area contributed by atoms with Gasteiger partial charge in [0.25, 0.3) is 5.91 Å². The molecule has 2 aliphatic heterocycles. The summed E-state index contributed by atoms with van der Waals surface area (Å²) < 4.78 is 0. The number of thioether (sulfide) groups is 1. The number of benzene rings is 1. The molecule has 0 unspecified atom stereocenters. The molecule has 114 valence electrons. The number of likely N-dealkylation sites (tertiary alicyclic amines) is 1. The van der Waals surface area contributed by atoms with Gasteiger partial charge in [-0.15, -0.1) is 0 Å². The molecule has 2 heterocycles. The summed E-state index contributed by atoms with van der Waals surface area (Å²) in [6.45, 7) is 4.07. The molecule has 2 saturated heterocycles. The lowest BCUT2D eigenvalue weighted by molar-refractivity contribution is 0.0631. The molecule has 0 aromatic heterocycles. The molecular formula is C16H22N2O2S. The number of aromatic hydroxyl groups is 1. The highest BCUT2D eigenvalue weighted by atomic mass is 32.2. The Morgan fingerprint density at radius 1 is 1.05 bits per heavy atom. The van der Waals surface area contributed by atoms with Crippen molar-refractivity contribution in [1.29, 1.82) is 0 Å². The minimum Gasteiger partial charge on any atom is -0.508 e. The molecule has 4 nitrogen and oxygen atoms in total. The van der Waals surface area contributed by atoms with Gasteiger partial charge in [-0.2, -0.15) is 11.8 Å². The number of carbonyl (C=O) groups is 1. The van der Waals surface area contributed by atoms with Crippen molar-refractivity contribution in [1.82, 2.24) is 9.80 Å². The summed E-state index contributed by atoms with van der Waals surface area (Å²) in [7, 11) is 0. The maximum Gasteiger partial charge on any atom is 0.253 e. The van der Waals surface area contributed by atoms with Gasteiger partial charge >= 0.3 is 0 Å². The van der Waals surface area contributed by atoms with Crippen LogP contribution in [0.5, 0.6) is 5.75 Å². The van der Waals surface area contributed by atoms with E-state index < -0.39 is 0 Å². The molecule has 1 aromatic rings. The SMILES string of the molecule is O=C(c1ccc(O)cc1)N1CCC(N2CCSCC2)CC1. The Kier molecular flexibility index (Phi) is 4.70. The highest BCUT2D eigenvalue weighted by Gasteiger charge is 2.28. The van der Waals surface area contributed by atoms with Gasteiger partial charge in [0.2, 0.25) is 0 Å². The van der Waals surface area contributed by atoms with Crippen molar-refractivity contribution in [3.8, 4) is 5.75 Å². The van der Waals surface area contributed by atoms with Gasteiger partial charge in [-0.25, -0.2) is 0 Å². The lowest BCUT2D eigenvalue weighted by Gasteiger charge is -2.40. The molecule has 21 heavy (non-hydrogen) atoms. The molecule has 0 saturated carbocycles. The molecule has 0 aliphatic carbocycles. The Balaban J connectivity index is 1.55. The van der Waals surface area contributed by atoms with Crippen LogP contribution in [0.2, 0.25) is 0 Å². The fraction of sp³-hybridized carbons (Fsp3) is 0.562. The van der Waals surface area contributed by atoms with Crippen molar-refractivity contribution >= 4 is 17.7 Å². The normalized spacial score (nSPS) is 21.4. The molecule has 3 rings (SSSR count). The van der Waals surface area contributed by atoms with Crippen LogP contribution in [-0.2, 0) is 0 Å². The third kappa shape index (κ3) is 3.52. The predicted octanol–water partition coefficient (Wildman–Crippen LogP) is 2.05. The average molecular weight is 306 g/mol. The number of amides is 1. The number of nitrogens with zero attached hydrogens (tertiary/aromatic N) is 2. The van der Waals surface area contributed by atoms with Crippen LogP contribution in [-0.4, -0.2) is 64.5 Å². The lowest BCUT2D eigenvalue weighted by atomic mass is 10.0. The average Bonchev–Trinajstić information content (AvgIpc) is 2.56. The Morgan fingerprint density at radius 3 is 2.29 bits per heavy atom. The van der Waals surface area contributed by atoms with Crippen molar-refractivity contribution in [2.24, 2.45) is 0 Å². The van der Waals surface area contributed by atoms with Gasteiger partial charge in [-0.05, 0) is 37.1 Å². The van der Waals surface area contributed by atoms with E-state index in [2.05, 4.69) is 4.90 Å². The van der Waals surface area contributed by atoms with E-state index in [4.69, 9.17) is 0 Å². The molecule has 0 bridgehead atoms. The number of hydrogen-bond acceptors (Lipinski definition) is 4. The monoisotopic (exact) mass is 306 g/mol. The number of phenolic OH excluding ortho intramolecular Hbond substituents is 1. The number of carbonyl (C=O) groups excluding carboxylic acids is 1. The van der Waals surface area contributed by atoms with Gasteiger partial charge in [-0.3, -0.25) is 9.69 Å². The molecule has 1 N–H and O–H groups in total. The summed E-state index contributed by atoms with van der Waals surface area (Å²) >= 11 is 2.04. The second-order valence-corrected chi connectivity index (χ2v) is 6.94. The summed E-state index contributed by atoms with van der Waals surface area (Å²) in [6.07, 6.45) is 2.16. The van der Waals surface area contributed by atoms with E-state index in [9.17, 15) is 9.90 Å². The van der Waals surface area contributed by atoms with Crippen LogP contribution in [0.15, 0.2) is 24.3 Å². The number of rotatable bonds is 2. The van der Waals surface area contributed by atoms with Crippen molar-refractivity contribution in [3.05, 3.63) is 29.8 Å². The predicted molar refractivity (Wildman–Crippen MR) is 85.9 cm³/mol. The van der Waals surface area contributed by atoms with Crippen molar-refractivity contribution in [3.63, 3.8) is 0 Å². The first kappa shape index (κ1) is 14.7. The number of piperidine rings is 1. The van der Waals surface area contributed by atoms with E-state index in [1.165, 1.54) is 24.6 Å². The number of hydrogen-bond donors (Lipinski definition) is 1. The lowest BCUT2D eigenvalue weighted by Crippen LogP contribution is -2.49. The zero-order chi connectivity index (χ0) is 14.7. The third-order valence-electron chi connectivity index (χ3n) is 4.43. The highest BCUT2D eigenvalue weighted by Crippen LogP contribution is 2.22. The van der Waals surface area contributed by atoms with Crippen LogP contribution >= 0.6 is 11.8 Å². The Bertz CT molecular complexity index is 478. The van der Waals surface area contributed by atoms with Gasteiger partial charge in [-0.1, -0.05) is 0 Å². The summed E-state index contributed by atoms with van der Waals surface area (Å²) in [5.41, 5.74) is 0.667. The van der Waals surface area contributed by atoms with E-state index in [1.807, 2.05) is 16.7 Å². The number of phenols is 1. The smallest absolute Gasteiger partial charge is 0.253 e. The van der Waals surface area contributed by atoms with Crippen LogP contribution in [0.25, 0.3) is 0 Å². The van der Waals surface area contributed by atoms with Crippen LogP contribution < -0.4 is 0 Å². The third-order valence-corrected chi connectivity index (χ3v) is 5.37. The molecule has 0 spiro atoms. The van der Waals surface area contributed by atoms with E-state index in [0.717, 1.165) is 25.9 Å². The van der Waals surface area contributed by atoms with Crippen LogP contribution in [0.3, 0.4) is 0 Å². The van der Waals surface area contributed by atoms with Crippen molar-refractivity contribution in [2.75, 3.05) is 37.7 Å². The van der Waals surface area contributed by atoms with E-state index in [0.29, 0.717) is 11.6 Å². The molecule has 2 fully saturated rings. The Morgan fingerprint density at radius 2 is 1.67 bits per heavy atom. The minimum atomic E-state index is 0.0858. The van der Waals surface area contributed by atoms with Crippen LogP contribution in [0.1, 0.15) is 23.2 Å². The van der Waals surface area contributed by atoms with Gasteiger partial charge in [0.05, 0.1) is 0 Å². The summed E-state index contributed by atoms with van der Waals surface area (Å²) in [6, 6.07) is 7.20. The van der Waals surface area contributed by atoms with E-state index in [-0.39, 0.29) is 11.7 Å². The minimum absolute atomic E-state index is 0.0858. The fourth-order valence-electron chi connectivity index (χ4n) is 3.16.